The van der Waals surface area contributed by atoms with E-state index in [1.807, 2.05) is 25.1 Å². The van der Waals surface area contributed by atoms with E-state index in [0.29, 0.717) is 16.9 Å². The number of anilines is 2. The molecule has 4 N–H and O–H groups in total. The van der Waals surface area contributed by atoms with Gasteiger partial charge in [0.15, 0.2) is 0 Å². The fourth-order valence-corrected chi connectivity index (χ4v) is 5.07. The van der Waals surface area contributed by atoms with Gasteiger partial charge in [0.05, 0.1) is 12.2 Å². The molecular weight excluding hydrogens is 488 g/mol. The number of hydrogen-bond donors (Lipinski definition) is 2. The monoisotopic (exact) mass is 532 g/mol. The molecule has 1 fully saturated rings. The van der Waals surface area contributed by atoms with Crippen LogP contribution in [0.5, 0.6) is 0 Å². The Morgan fingerprint density at radius 1 is 0.974 bits per heavy atom. The van der Waals surface area contributed by atoms with E-state index in [2.05, 4.69) is 6.58 Å². The highest BCUT2D eigenvalue weighted by Crippen LogP contribution is 2.30. The average Bonchev–Trinajstić information content (AvgIpc) is 2.93. The zero-order valence-electron chi connectivity index (χ0n) is 23.3. The molecule has 1 aliphatic carbocycles. The first-order valence-corrected chi connectivity index (χ1v) is 14.3. The Labute approximate surface area is 233 Å². The molecule has 39 heavy (non-hydrogen) atoms. The van der Waals surface area contributed by atoms with Crippen LogP contribution in [0.25, 0.3) is 6.08 Å². The predicted octanol–water partition coefficient (Wildman–Crippen LogP) is 7.45. The Balaban J connectivity index is 1.36. The molecule has 2 aromatic rings. The quantitative estimate of drug-likeness (QED) is 0.0860. The number of rotatable bonds is 14. The smallest absolute Gasteiger partial charge is 0.338 e. The molecule has 0 aromatic heterocycles. The number of carbonyl (C=O) groups is 2. The van der Waals surface area contributed by atoms with Crippen LogP contribution in [0.1, 0.15) is 98.5 Å². The van der Waals surface area contributed by atoms with Gasteiger partial charge in [-0.25, -0.2) is 9.59 Å². The highest BCUT2D eigenvalue weighted by Gasteiger charge is 2.24. The van der Waals surface area contributed by atoms with Crippen molar-refractivity contribution in [2.45, 2.75) is 83.2 Å². The molecule has 0 spiro atoms. The number of unbranched alkanes of at least 4 members (excludes halogenated alkanes) is 4. The topological polar surface area (TPSA) is 105 Å². The van der Waals surface area contributed by atoms with Crippen LogP contribution in [0.4, 0.5) is 11.4 Å². The van der Waals surface area contributed by atoms with Crippen molar-refractivity contribution in [1.29, 1.82) is 0 Å². The zero-order chi connectivity index (χ0) is 28.0. The van der Waals surface area contributed by atoms with Crippen molar-refractivity contribution in [3.05, 3.63) is 77.9 Å². The summed E-state index contributed by atoms with van der Waals surface area (Å²) in [6.45, 7) is 5.94. The molecule has 3 rings (SSSR count). The fourth-order valence-electron chi connectivity index (χ4n) is 5.07. The van der Waals surface area contributed by atoms with Gasteiger partial charge in [-0.3, -0.25) is 0 Å². The number of nitrogens with two attached hydrogens (primary N) is 2. The van der Waals surface area contributed by atoms with E-state index in [-0.39, 0.29) is 24.6 Å². The molecule has 1 aliphatic rings. The lowest BCUT2D eigenvalue weighted by Crippen LogP contribution is -2.24. The molecule has 0 radical (unpaired) electrons. The van der Waals surface area contributed by atoms with E-state index in [4.69, 9.17) is 20.9 Å². The Bertz CT molecular complexity index is 1080. The van der Waals surface area contributed by atoms with E-state index in [0.717, 1.165) is 49.1 Å². The first kappa shape index (κ1) is 30.0. The third kappa shape index (κ3) is 10.6. The van der Waals surface area contributed by atoms with Crippen LogP contribution in [-0.4, -0.2) is 24.6 Å². The lowest BCUT2D eigenvalue weighted by atomic mass is 9.84. The summed E-state index contributed by atoms with van der Waals surface area (Å²) in [5.41, 5.74) is 15.1. The van der Waals surface area contributed by atoms with Crippen molar-refractivity contribution in [3.63, 3.8) is 0 Å². The number of ether oxygens (including phenoxy) is 2. The molecule has 210 valence electrons. The third-order valence-corrected chi connectivity index (χ3v) is 7.44. The Morgan fingerprint density at radius 3 is 2.31 bits per heavy atom. The molecule has 0 saturated heterocycles. The minimum Gasteiger partial charge on any atom is -0.462 e. The average molecular weight is 533 g/mol. The van der Waals surface area contributed by atoms with Crippen LogP contribution in [0.15, 0.2) is 61.2 Å². The highest BCUT2D eigenvalue weighted by molar-refractivity contribution is 5.90. The SMILES string of the molecule is C=CCCCCCCC1CCC(OC(=O)c2ccc(/C=C/C(=O)OCC(C)c3cc(N)cc(N)c3)cc2)CC1. The van der Waals surface area contributed by atoms with Crippen LogP contribution in [0.2, 0.25) is 0 Å². The zero-order valence-corrected chi connectivity index (χ0v) is 23.3. The van der Waals surface area contributed by atoms with Crippen molar-refractivity contribution >= 4 is 29.4 Å². The van der Waals surface area contributed by atoms with Gasteiger partial charge in [-0.1, -0.05) is 50.8 Å². The van der Waals surface area contributed by atoms with E-state index in [1.54, 1.807) is 36.4 Å². The number of carbonyl (C=O) groups excluding carboxylic acids is 2. The van der Waals surface area contributed by atoms with Gasteiger partial charge in [-0.15, -0.1) is 6.58 Å². The van der Waals surface area contributed by atoms with E-state index >= 15 is 0 Å². The van der Waals surface area contributed by atoms with Crippen LogP contribution >= 0.6 is 0 Å². The van der Waals surface area contributed by atoms with Crippen LogP contribution < -0.4 is 11.5 Å². The van der Waals surface area contributed by atoms with E-state index < -0.39 is 5.97 Å². The molecule has 0 bridgehead atoms. The number of allylic oxidation sites excluding steroid dienone is 1. The van der Waals surface area contributed by atoms with Crippen molar-refractivity contribution in [2.75, 3.05) is 18.1 Å². The van der Waals surface area contributed by atoms with Gasteiger partial charge in [0.25, 0.3) is 0 Å². The van der Waals surface area contributed by atoms with Gasteiger partial charge in [0.1, 0.15) is 6.10 Å². The largest absolute Gasteiger partial charge is 0.462 e. The Morgan fingerprint density at radius 2 is 1.64 bits per heavy atom. The van der Waals surface area contributed by atoms with Gasteiger partial charge in [-0.2, -0.15) is 0 Å². The first-order chi connectivity index (χ1) is 18.8. The highest BCUT2D eigenvalue weighted by atomic mass is 16.5. The lowest BCUT2D eigenvalue weighted by molar-refractivity contribution is -0.138. The number of esters is 2. The summed E-state index contributed by atoms with van der Waals surface area (Å²) in [6, 6.07) is 12.4. The summed E-state index contributed by atoms with van der Waals surface area (Å²) in [7, 11) is 0. The van der Waals surface area contributed by atoms with Gasteiger partial charge < -0.3 is 20.9 Å². The van der Waals surface area contributed by atoms with Crippen molar-refractivity contribution in [1.82, 2.24) is 0 Å². The number of nitrogen functional groups attached to an aromatic ring is 2. The second-order valence-corrected chi connectivity index (χ2v) is 10.7. The minimum absolute atomic E-state index is 0.00171. The van der Waals surface area contributed by atoms with Gasteiger partial charge in [-0.05, 0) is 92.0 Å². The molecule has 0 amide bonds. The summed E-state index contributed by atoms with van der Waals surface area (Å²) in [6.07, 6.45) is 16.7. The first-order valence-electron chi connectivity index (χ1n) is 14.3. The summed E-state index contributed by atoms with van der Waals surface area (Å²) in [5.74, 6) is -0.000490. The summed E-state index contributed by atoms with van der Waals surface area (Å²) in [4.78, 5) is 24.8. The lowest BCUT2D eigenvalue weighted by Gasteiger charge is -2.28. The molecule has 1 atom stereocenters. The maximum atomic E-state index is 12.6. The second kappa shape index (κ2) is 15.8. The molecule has 2 aromatic carbocycles. The summed E-state index contributed by atoms with van der Waals surface area (Å²) >= 11 is 0. The second-order valence-electron chi connectivity index (χ2n) is 10.7. The molecule has 1 unspecified atom stereocenters. The number of hydrogen-bond acceptors (Lipinski definition) is 6. The number of benzene rings is 2. The molecular formula is C33H44N2O4. The molecule has 0 aliphatic heterocycles. The molecule has 1 saturated carbocycles. The fraction of sp³-hybridized carbons (Fsp3) is 0.455. The van der Waals surface area contributed by atoms with Crippen LogP contribution in [0.3, 0.4) is 0 Å². The van der Waals surface area contributed by atoms with Crippen molar-refractivity contribution < 1.29 is 19.1 Å². The maximum Gasteiger partial charge on any atom is 0.338 e. The summed E-state index contributed by atoms with van der Waals surface area (Å²) in [5, 5.41) is 0. The van der Waals surface area contributed by atoms with Gasteiger partial charge >= 0.3 is 11.9 Å². The van der Waals surface area contributed by atoms with Crippen LogP contribution in [0, 0.1) is 5.92 Å². The maximum absolute atomic E-state index is 12.6. The predicted molar refractivity (Wildman–Crippen MR) is 159 cm³/mol. The standard InChI is InChI=1S/C33H44N2O4/c1-3-4-5-6-7-8-9-25-12-17-31(18-13-25)39-33(37)27-15-10-26(11-16-27)14-19-32(36)38-23-24(2)28-20-29(34)22-30(35)21-28/h3,10-11,14-16,19-22,24-25,31H,1,4-9,12-13,17-18,23,34-35H2,2H3/b19-14+. The summed E-state index contributed by atoms with van der Waals surface area (Å²) < 4.78 is 11.2. The molecule has 6 heteroatoms. The third-order valence-electron chi connectivity index (χ3n) is 7.44. The normalized spacial score (nSPS) is 18.0. The molecule has 0 heterocycles. The van der Waals surface area contributed by atoms with Gasteiger partial charge in [0, 0.05) is 23.4 Å². The minimum atomic E-state index is -0.439. The Hall–Kier alpha value is -3.54. The van der Waals surface area contributed by atoms with Gasteiger partial charge in [0.2, 0.25) is 0 Å². The van der Waals surface area contributed by atoms with E-state index in [1.165, 1.54) is 38.2 Å². The van der Waals surface area contributed by atoms with Crippen LogP contribution in [-0.2, 0) is 14.3 Å². The van der Waals surface area contributed by atoms with E-state index in [9.17, 15) is 9.59 Å². The van der Waals surface area contributed by atoms with Crippen molar-refractivity contribution in [2.24, 2.45) is 5.92 Å². The molecule has 6 nitrogen and oxygen atoms in total. The Kier molecular flexibility index (Phi) is 12.1. The van der Waals surface area contributed by atoms with Crippen molar-refractivity contribution in [3.8, 4) is 0 Å².